The smallest absolute Gasteiger partial charge is 0.318 e. The minimum atomic E-state index is -0.187. The third-order valence-electron chi connectivity index (χ3n) is 5.34. The molecule has 0 fully saturated rings. The lowest BCUT2D eigenvalue weighted by Crippen LogP contribution is -2.43. The number of carbonyl (C=O) groups excluding carboxylic acids is 1. The predicted octanol–water partition coefficient (Wildman–Crippen LogP) is 5.66. The minimum Gasteiger partial charge on any atom is -0.340 e. The summed E-state index contributed by atoms with van der Waals surface area (Å²) in [5, 5.41) is 7.33. The molecule has 1 aromatic carbocycles. The van der Waals surface area contributed by atoms with Gasteiger partial charge in [0.15, 0.2) is 0 Å². The first kappa shape index (κ1) is 21.4. The SMILES string of the molecule is Cc1cc(Nc2cc3c(cn2)CCN(C(=O)NC(C)c2ccc(Cl)c(Cl)c2)C3)ccn1. The molecule has 1 atom stereocenters. The number of benzene rings is 1. The monoisotopic (exact) mass is 455 g/mol. The van der Waals surface area contributed by atoms with Crippen LogP contribution in [0.25, 0.3) is 0 Å². The van der Waals surface area contributed by atoms with Crippen LogP contribution in [0.15, 0.2) is 48.8 Å². The average Bonchev–Trinajstić information content (AvgIpc) is 2.75. The first-order valence-corrected chi connectivity index (χ1v) is 10.8. The Bertz CT molecular complexity index is 1120. The zero-order chi connectivity index (χ0) is 22.0. The second kappa shape index (κ2) is 9.12. The molecular weight excluding hydrogens is 433 g/mol. The van der Waals surface area contributed by atoms with Crippen LogP contribution in [0.2, 0.25) is 10.0 Å². The van der Waals surface area contributed by atoms with Crippen LogP contribution in [0, 0.1) is 6.92 Å². The van der Waals surface area contributed by atoms with E-state index < -0.39 is 0 Å². The van der Waals surface area contributed by atoms with Crippen LogP contribution in [0.5, 0.6) is 0 Å². The number of rotatable bonds is 4. The van der Waals surface area contributed by atoms with E-state index in [0.29, 0.717) is 23.1 Å². The molecule has 2 N–H and O–H groups in total. The number of urea groups is 1. The summed E-state index contributed by atoms with van der Waals surface area (Å²) < 4.78 is 0. The number of hydrogen-bond donors (Lipinski definition) is 2. The molecule has 8 heteroatoms. The molecule has 160 valence electrons. The molecule has 3 heterocycles. The summed E-state index contributed by atoms with van der Waals surface area (Å²) in [6, 6.07) is 11.0. The molecule has 0 saturated heterocycles. The molecule has 4 rings (SSSR count). The molecule has 2 aromatic heterocycles. The molecule has 1 unspecified atom stereocenters. The van der Waals surface area contributed by atoms with Gasteiger partial charge in [-0.1, -0.05) is 29.3 Å². The van der Waals surface area contributed by atoms with Crippen LogP contribution in [-0.4, -0.2) is 27.4 Å². The summed E-state index contributed by atoms with van der Waals surface area (Å²) in [4.78, 5) is 23.4. The number of anilines is 2. The van der Waals surface area contributed by atoms with Crippen molar-refractivity contribution in [1.29, 1.82) is 0 Å². The second-order valence-electron chi connectivity index (χ2n) is 7.67. The Morgan fingerprint density at radius 1 is 1.10 bits per heavy atom. The van der Waals surface area contributed by atoms with Crippen LogP contribution in [-0.2, 0) is 13.0 Å². The molecule has 0 saturated carbocycles. The van der Waals surface area contributed by atoms with Crippen molar-refractivity contribution >= 4 is 40.7 Å². The van der Waals surface area contributed by atoms with Crippen molar-refractivity contribution in [3.05, 3.63) is 81.2 Å². The summed E-state index contributed by atoms with van der Waals surface area (Å²) in [6.45, 7) is 5.05. The number of halogens is 2. The van der Waals surface area contributed by atoms with Crippen molar-refractivity contribution in [3.63, 3.8) is 0 Å². The molecule has 0 aliphatic carbocycles. The maximum Gasteiger partial charge on any atom is 0.318 e. The van der Waals surface area contributed by atoms with E-state index >= 15 is 0 Å². The summed E-state index contributed by atoms with van der Waals surface area (Å²) in [6.07, 6.45) is 4.42. The zero-order valence-corrected chi connectivity index (χ0v) is 18.8. The van der Waals surface area contributed by atoms with Gasteiger partial charge in [-0.3, -0.25) is 4.98 Å². The van der Waals surface area contributed by atoms with E-state index in [1.807, 2.05) is 49.2 Å². The normalized spacial score (nSPS) is 14.0. The fraction of sp³-hybridized carbons (Fsp3) is 0.261. The highest BCUT2D eigenvalue weighted by atomic mass is 35.5. The Balaban J connectivity index is 1.43. The van der Waals surface area contributed by atoms with Crippen LogP contribution >= 0.6 is 23.2 Å². The van der Waals surface area contributed by atoms with Crippen molar-refractivity contribution in [3.8, 4) is 0 Å². The number of aromatic nitrogens is 2. The molecule has 1 aliphatic rings. The minimum absolute atomic E-state index is 0.111. The van der Waals surface area contributed by atoms with Gasteiger partial charge >= 0.3 is 6.03 Å². The molecule has 1 aliphatic heterocycles. The van der Waals surface area contributed by atoms with E-state index in [-0.39, 0.29) is 12.1 Å². The first-order chi connectivity index (χ1) is 14.9. The van der Waals surface area contributed by atoms with Crippen molar-refractivity contribution in [2.24, 2.45) is 0 Å². The van der Waals surface area contributed by atoms with E-state index in [1.54, 1.807) is 18.3 Å². The third kappa shape index (κ3) is 5.09. The van der Waals surface area contributed by atoms with Crippen LogP contribution in [0.4, 0.5) is 16.3 Å². The highest BCUT2D eigenvalue weighted by Crippen LogP contribution is 2.26. The summed E-state index contributed by atoms with van der Waals surface area (Å²) in [5.74, 6) is 0.746. The van der Waals surface area contributed by atoms with Crippen LogP contribution in [0.3, 0.4) is 0 Å². The summed E-state index contributed by atoms with van der Waals surface area (Å²) >= 11 is 12.1. The predicted molar refractivity (Wildman–Crippen MR) is 124 cm³/mol. The summed E-state index contributed by atoms with van der Waals surface area (Å²) in [5.41, 5.74) is 5.02. The van der Waals surface area contributed by atoms with Gasteiger partial charge in [0.05, 0.1) is 16.1 Å². The fourth-order valence-corrected chi connectivity index (χ4v) is 3.90. The maximum absolute atomic E-state index is 12.9. The van der Waals surface area contributed by atoms with Gasteiger partial charge < -0.3 is 15.5 Å². The molecule has 31 heavy (non-hydrogen) atoms. The number of carbonyl (C=O) groups is 1. The van der Waals surface area contributed by atoms with Gasteiger partial charge in [0.25, 0.3) is 0 Å². The fourth-order valence-electron chi connectivity index (χ4n) is 3.59. The summed E-state index contributed by atoms with van der Waals surface area (Å²) in [7, 11) is 0. The lowest BCUT2D eigenvalue weighted by molar-refractivity contribution is 0.189. The molecule has 3 aromatic rings. The van der Waals surface area contributed by atoms with Gasteiger partial charge in [0.2, 0.25) is 0 Å². The van der Waals surface area contributed by atoms with Gasteiger partial charge in [-0.25, -0.2) is 9.78 Å². The quantitative estimate of drug-likeness (QED) is 0.531. The number of nitrogens with one attached hydrogen (secondary N) is 2. The Morgan fingerprint density at radius 3 is 2.71 bits per heavy atom. The van der Waals surface area contributed by atoms with E-state index in [9.17, 15) is 4.79 Å². The molecule has 2 amide bonds. The van der Waals surface area contributed by atoms with Crippen LogP contribution in [0.1, 0.15) is 35.3 Å². The first-order valence-electron chi connectivity index (χ1n) is 10.1. The second-order valence-corrected chi connectivity index (χ2v) is 8.48. The zero-order valence-electron chi connectivity index (χ0n) is 17.3. The lowest BCUT2D eigenvalue weighted by Gasteiger charge is -2.30. The van der Waals surface area contributed by atoms with Gasteiger partial charge in [0, 0.05) is 36.9 Å². The van der Waals surface area contributed by atoms with Gasteiger partial charge in [-0.05, 0) is 67.3 Å². The highest BCUT2D eigenvalue weighted by molar-refractivity contribution is 6.42. The van der Waals surface area contributed by atoms with E-state index in [4.69, 9.17) is 23.2 Å². The van der Waals surface area contributed by atoms with Crippen LogP contribution < -0.4 is 10.6 Å². The van der Waals surface area contributed by atoms with E-state index in [1.165, 1.54) is 0 Å². The number of aryl methyl sites for hydroxylation is 1. The van der Waals surface area contributed by atoms with Gasteiger partial charge in [-0.15, -0.1) is 0 Å². The molecule has 0 radical (unpaired) electrons. The Kier molecular flexibility index (Phi) is 6.30. The van der Waals surface area contributed by atoms with Crippen molar-refractivity contribution in [2.45, 2.75) is 32.9 Å². The lowest BCUT2D eigenvalue weighted by atomic mass is 10.0. The van der Waals surface area contributed by atoms with Gasteiger partial charge in [-0.2, -0.15) is 0 Å². The molecular formula is C23H23Cl2N5O. The largest absolute Gasteiger partial charge is 0.340 e. The highest BCUT2D eigenvalue weighted by Gasteiger charge is 2.23. The Morgan fingerprint density at radius 2 is 1.94 bits per heavy atom. The Hall–Kier alpha value is -2.83. The maximum atomic E-state index is 12.9. The topological polar surface area (TPSA) is 70.2 Å². The van der Waals surface area contributed by atoms with E-state index in [2.05, 4.69) is 20.6 Å². The van der Waals surface area contributed by atoms with Crippen molar-refractivity contribution in [2.75, 3.05) is 11.9 Å². The average molecular weight is 456 g/mol. The van der Waals surface area contributed by atoms with Crippen molar-refractivity contribution < 1.29 is 4.79 Å². The number of pyridine rings is 2. The Labute approximate surface area is 191 Å². The molecule has 0 spiro atoms. The van der Waals surface area contributed by atoms with Gasteiger partial charge in [0.1, 0.15) is 5.82 Å². The molecule has 6 nitrogen and oxygen atoms in total. The number of amides is 2. The number of nitrogens with zero attached hydrogens (tertiary/aromatic N) is 3. The number of hydrogen-bond acceptors (Lipinski definition) is 4. The molecule has 0 bridgehead atoms. The van der Waals surface area contributed by atoms with E-state index in [0.717, 1.165) is 40.3 Å². The third-order valence-corrected chi connectivity index (χ3v) is 6.07. The van der Waals surface area contributed by atoms with Crippen molar-refractivity contribution in [1.82, 2.24) is 20.2 Å². The standard InChI is InChI=1S/C23H23Cl2N5O/c1-14-9-19(5-7-26-14)29-22-11-18-13-30(8-6-17(18)12-27-22)23(31)28-15(2)16-3-4-20(24)21(25)10-16/h3-5,7,9-12,15H,6,8,13H2,1-2H3,(H,28,31)(H,26,27,29). The number of fused-ring (bicyclic) bond motifs is 1.